The topological polar surface area (TPSA) is 61.1 Å². The Balaban J connectivity index is 1.87. The van der Waals surface area contributed by atoms with Gasteiger partial charge in [-0.15, -0.1) is 11.3 Å². The van der Waals surface area contributed by atoms with Crippen LogP contribution in [0.15, 0.2) is 46.9 Å². The van der Waals surface area contributed by atoms with Crippen LogP contribution in [-0.2, 0) is 0 Å². The van der Waals surface area contributed by atoms with Gasteiger partial charge < -0.3 is 0 Å². The van der Waals surface area contributed by atoms with Gasteiger partial charge in [0.2, 0.25) is 0 Å². The molecule has 1 heterocycles. The molecule has 0 saturated carbocycles. The molecule has 0 bridgehead atoms. The van der Waals surface area contributed by atoms with Crippen molar-refractivity contribution >= 4 is 34.3 Å². The summed E-state index contributed by atoms with van der Waals surface area (Å²) in [5.74, 6) is 0. The van der Waals surface area contributed by atoms with E-state index in [-0.39, 0.29) is 5.71 Å². The van der Waals surface area contributed by atoms with E-state index in [0.717, 1.165) is 28.1 Å². The summed E-state index contributed by atoms with van der Waals surface area (Å²) >= 11 is 7.31. The molecule has 0 aliphatic carbocycles. The lowest BCUT2D eigenvalue weighted by Crippen LogP contribution is -2.03. The molecule has 0 radical (unpaired) electrons. The molecule has 0 aliphatic heterocycles. The summed E-state index contributed by atoms with van der Waals surface area (Å²) in [6.45, 7) is 6.10. The maximum atomic E-state index is 9.48. The molecular formula is C20H17ClN4S. The van der Waals surface area contributed by atoms with Crippen molar-refractivity contribution in [3.8, 4) is 17.3 Å². The summed E-state index contributed by atoms with van der Waals surface area (Å²) in [6.07, 6.45) is 0. The molecule has 3 aromatic rings. The number of halogens is 1. The second-order valence-electron chi connectivity index (χ2n) is 6.00. The number of anilines is 1. The van der Waals surface area contributed by atoms with Crippen LogP contribution >= 0.6 is 22.9 Å². The Morgan fingerprint density at radius 3 is 2.42 bits per heavy atom. The van der Waals surface area contributed by atoms with Crippen LogP contribution in [0.3, 0.4) is 0 Å². The minimum Gasteiger partial charge on any atom is -0.277 e. The molecule has 0 fully saturated rings. The minimum atomic E-state index is 0.259. The molecule has 130 valence electrons. The van der Waals surface area contributed by atoms with E-state index in [1.165, 1.54) is 16.9 Å². The summed E-state index contributed by atoms with van der Waals surface area (Å²) in [7, 11) is 0. The van der Waals surface area contributed by atoms with E-state index in [1.54, 1.807) is 0 Å². The van der Waals surface area contributed by atoms with Gasteiger partial charge in [-0.05, 0) is 44.0 Å². The van der Waals surface area contributed by atoms with Crippen molar-refractivity contribution in [3.63, 3.8) is 0 Å². The molecule has 1 aromatic heterocycles. The van der Waals surface area contributed by atoms with Crippen molar-refractivity contribution < 1.29 is 0 Å². The molecule has 0 spiro atoms. The molecule has 0 atom stereocenters. The Kier molecular flexibility index (Phi) is 5.36. The molecule has 4 nitrogen and oxygen atoms in total. The van der Waals surface area contributed by atoms with Crippen molar-refractivity contribution in [1.29, 1.82) is 5.26 Å². The van der Waals surface area contributed by atoms with Crippen LogP contribution in [0.25, 0.3) is 11.3 Å². The number of nitrogens with one attached hydrogen (secondary N) is 1. The van der Waals surface area contributed by atoms with Gasteiger partial charge in [-0.1, -0.05) is 41.4 Å². The van der Waals surface area contributed by atoms with Crippen molar-refractivity contribution in [2.75, 3.05) is 5.43 Å². The van der Waals surface area contributed by atoms with Crippen LogP contribution in [0, 0.1) is 32.1 Å². The Hall–Kier alpha value is -2.68. The molecule has 2 aromatic carbocycles. The third-order valence-corrected chi connectivity index (χ3v) is 5.01. The number of benzene rings is 2. The van der Waals surface area contributed by atoms with Crippen molar-refractivity contribution in [1.82, 2.24) is 4.98 Å². The highest BCUT2D eigenvalue weighted by atomic mass is 35.5. The normalized spacial score (nSPS) is 11.3. The number of aryl methyl sites for hydroxylation is 3. The number of nitrogens with zero attached hydrogens (tertiary/aromatic N) is 3. The van der Waals surface area contributed by atoms with Gasteiger partial charge in [0.25, 0.3) is 0 Å². The number of hydrogen-bond donors (Lipinski definition) is 1. The van der Waals surface area contributed by atoms with E-state index in [9.17, 15) is 5.26 Å². The number of hydrogen-bond acceptors (Lipinski definition) is 5. The molecule has 26 heavy (non-hydrogen) atoms. The van der Waals surface area contributed by atoms with Gasteiger partial charge in [-0.25, -0.2) is 4.98 Å². The first kappa shape index (κ1) is 18.1. The van der Waals surface area contributed by atoms with E-state index in [1.807, 2.05) is 43.5 Å². The van der Waals surface area contributed by atoms with Gasteiger partial charge in [0.1, 0.15) is 6.07 Å². The van der Waals surface area contributed by atoms with E-state index in [4.69, 9.17) is 11.6 Å². The number of aromatic nitrogens is 1. The molecule has 3 rings (SSSR count). The fourth-order valence-electron chi connectivity index (χ4n) is 2.72. The van der Waals surface area contributed by atoms with Gasteiger partial charge in [0.05, 0.1) is 11.4 Å². The first-order chi connectivity index (χ1) is 12.5. The van der Waals surface area contributed by atoms with Crippen molar-refractivity contribution in [3.05, 3.63) is 68.5 Å². The molecular weight excluding hydrogens is 364 g/mol. The average Bonchev–Trinajstić information content (AvgIpc) is 3.07. The monoisotopic (exact) mass is 380 g/mol. The quantitative estimate of drug-likeness (QED) is 0.464. The maximum Gasteiger partial charge on any atom is 0.196 e. The zero-order valence-electron chi connectivity index (χ0n) is 14.7. The van der Waals surface area contributed by atoms with Crippen LogP contribution in [0.2, 0.25) is 5.02 Å². The van der Waals surface area contributed by atoms with Gasteiger partial charge >= 0.3 is 0 Å². The number of nitriles is 1. The first-order valence-electron chi connectivity index (χ1n) is 8.01. The summed E-state index contributed by atoms with van der Waals surface area (Å²) in [5.41, 5.74) is 9.32. The summed E-state index contributed by atoms with van der Waals surface area (Å²) in [6, 6.07) is 13.7. The molecule has 0 aliphatic rings. The predicted octanol–water partition coefficient (Wildman–Crippen LogP) is 5.73. The van der Waals surface area contributed by atoms with Crippen LogP contribution < -0.4 is 5.43 Å². The number of thiazole rings is 1. The smallest absolute Gasteiger partial charge is 0.196 e. The second kappa shape index (κ2) is 7.69. The Morgan fingerprint density at radius 2 is 1.81 bits per heavy atom. The van der Waals surface area contributed by atoms with Gasteiger partial charge in [-0.3, -0.25) is 5.43 Å². The molecule has 0 unspecified atom stereocenters. The first-order valence-corrected chi connectivity index (χ1v) is 9.27. The van der Waals surface area contributed by atoms with Gasteiger partial charge in [-0.2, -0.15) is 10.4 Å². The molecule has 0 saturated heterocycles. The zero-order chi connectivity index (χ0) is 18.7. The van der Waals surface area contributed by atoms with Gasteiger partial charge in [0, 0.05) is 16.0 Å². The predicted molar refractivity (Wildman–Crippen MR) is 109 cm³/mol. The SMILES string of the molecule is Cc1cc(C)c(NN=C(C#N)c2nc(-c3ccc(Cl)cc3)cs2)c(C)c1. The summed E-state index contributed by atoms with van der Waals surface area (Å²) in [4.78, 5) is 4.53. The Bertz CT molecular complexity index is 990. The largest absolute Gasteiger partial charge is 0.277 e. The molecule has 6 heteroatoms. The molecule has 1 N–H and O–H groups in total. The Labute approximate surface area is 161 Å². The van der Waals surface area contributed by atoms with E-state index in [2.05, 4.69) is 40.6 Å². The highest BCUT2D eigenvalue weighted by Gasteiger charge is 2.11. The lowest BCUT2D eigenvalue weighted by Gasteiger charge is -2.10. The zero-order valence-corrected chi connectivity index (χ0v) is 16.2. The Morgan fingerprint density at radius 1 is 1.15 bits per heavy atom. The lowest BCUT2D eigenvalue weighted by molar-refractivity contribution is 1.24. The van der Waals surface area contributed by atoms with E-state index >= 15 is 0 Å². The highest BCUT2D eigenvalue weighted by molar-refractivity contribution is 7.12. The second-order valence-corrected chi connectivity index (χ2v) is 7.30. The fourth-order valence-corrected chi connectivity index (χ4v) is 3.62. The third-order valence-electron chi connectivity index (χ3n) is 3.91. The van der Waals surface area contributed by atoms with Crippen molar-refractivity contribution in [2.24, 2.45) is 5.10 Å². The maximum absolute atomic E-state index is 9.48. The third kappa shape index (κ3) is 3.93. The van der Waals surface area contributed by atoms with E-state index < -0.39 is 0 Å². The van der Waals surface area contributed by atoms with Crippen LogP contribution in [0.1, 0.15) is 21.7 Å². The lowest BCUT2D eigenvalue weighted by atomic mass is 10.1. The number of hydrazone groups is 1. The van der Waals surface area contributed by atoms with Crippen LogP contribution in [-0.4, -0.2) is 10.7 Å². The van der Waals surface area contributed by atoms with Crippen LogP contribution in [0.4, 0.5) is 5.69 Å². The highest BCUT2D eigenvalue weighted by Crippen LogP contribution is 2.25. The van der Waals surface area contributed by atoms with Gasteiger partial charge in [0.15, 0.2) is 10.7 Å². The molecule has 0 amide bonds. The average molecular weight is 381 g/mol. The number of rotatable bonds is 4. The minimum absolute atomic E-state index is 0.259. The standard InChI is InChI=1S/C20H17ClN4S/c1-12-8-13(2)19(14(3)9-12)25-24-17(10-22)20-23-18(11-26-20)15-4-6-16(21)7-5-15/h4-9,11,25H,1-3H3. The van der Waals surface area contributed by atoms with Crippen molar-refractivity contribution in [2.45, 2.75) is 20.8 Å². The fraction of sp³-hybridized carbons (Fsp3) is 0.150. The summed E-state index contributed by atoms with van der Waals surface area (Å²) < 4.78 is 0. The van der Waals surface area contributed by atoms with E-state index in [0.29, 0.717) is 10.0 Å². The van der Waals surface area contributed by atoms with Crippen LogP contribution in [0.5, 0.6) is 0 Å². The summed E-state index contributed by atoms with van der Waals surface area (Å²) in [5, 5.41) is 16.9.